The van der Waals surface area contributed by atoms with Crippen LogP contribution in [-0.4, -0.2) is 52.0 Å². The van der Waals surface area contributed by atoms with E-state index in [1.807, 2.05) is 26.8 Å². The molecule has 1 fully saturated rings. The van der Waals surface area contributed by atoms with Gasteiger partial charge in [0.1, 0.15) is 23.0 Å². The van der Waals surface area contributed by atoms with Crippen molar-refractivity contribution in [2.24, 2.45) is 16.1 Å². The second-order valence-electron chi connectivity index (χ2n) is 7.61. The number of amides is 2. The molecule has 2 aliphatic rings. The molecule has 2 heterocycles. The lowest BCUT2D eigenvalue weighted by molar-refractivity contribution is -0.127. The number of carbonyl (C=O) groups excluding carboxylic acids is 1. The Balaban J connectivity index is 2.51. The van der Waals surface area contributed by atoms with Gasteiger partial charge in [-0.15, -0.1) is 0 Å². The molecule has 2 amide bonds. The zero-order chi connectivity index (χ0) is 18.9. The first-order valence-corrected chi connectivity index (χ1v) is 8.32. The number of piperidine rings is 1. The van der Waals surface area contributed by atoms with Crippen molar-refractivity contribution in [1.82, 2.24) is 10.2 Å². The maximum atomic E-state index is 12.3. The summed E-state index contributed by atoms with van der Waals surface area (Å²) in [6.45, 7) is 6.16. The van der Waals surface area contributed by atoms with E-state index in [1.54, 1.807) is 0 Å². The largest absolute Gasteiger partial charge is 0.465 e. The second-order valence-corrected chi connectivity index (χ2v) is 7.61. The lowest BCUT2D eigenvalue weighted by Gasteiger charge is -2.56. The number of nitrogens with one attached hydrogen (secondary N) is 1. The average Bonchev–Trinajstić information content (AvgIpc) is 2.54. The van der Waals surface area contributed by atoms with Crippen molar-refractivity contribution in [1.29, 1.82) is 5.26 Å². The first kappa shape index (κ1) is 18.9. The Morgan fingerprint density at radius 1 is 1.44 bits per heavy atom. The number of allylic oxidation sites excluding steroid dienone is 1. The molecule has 25 heavy (non-hydrogen) atoms. The van der Waals surface area contributed by atoms with E-state index in [9.17, 15) is 14.7 Å². The Morgan fingerprint density at radius 3 is 2.56 bits per heavy atom. The minimum atomic E-state index is -1.33. The molecular formula is C17H25N5O3. The molecule has 0 saturated carbocycles. The van der Waals surface area contributed by atoms with Gasteiger partial charge in [0.2, 0.25) is 5.91 Å². The van der Waals surface area contributed by atoms with Gasteiger partial charge in [-0.1, -0.05) is 26.8 Å². The number of nitrogens with two attached hydrogens (primary N) is 1. The average molecular weight is 347 g/mol. The molecule has 136 valence electrons. The van der Waals surface area contributed by atoms with E-state index >= 15 is 0 Å². The third kappa shape index (κ3) is 3.24. The van der Waals surface area contributed by atoms with Gasteiger partial charge in [0, 0.05) is 6.54 Å². The van der Waals surface area contributed by atoms with Crippen LogP contribution < -0.4 is 11.1 Å². The van der Waals surface area contributed by atoms with Gasteiger partial charge in [0.25, 0.3) is 0 Å². The van der Waals surface area contributed by atoms with Crippen LogP contribution in [0.15, 0.2) is 17.1 Å². The first-order chi connectivity index (χ1) is 11.6. The van der Waals surface area contributed by atoms with Gasteiger partial charge in [-0.05, 0) is 30.8 Å². The lowest BCUT2D eigenvalue weighted by atomic mass is 9.72. The van der Waals surface area contributed by atoms with E-state index < -0.39 is 28.6 Å². The number of hydrogen-bond donors (Lipinski definition) is 3. The van der Waals surface area contributed by atoms with Crippen LogP contribution in [0.3, 0.4) is 0 Å². The predicted molar refractivity (Wildman–Crippen MR) is 92.9 cm³/mol. The molecular weight excluding hydrogens is 322 g/mol. The molecule has 0 bridgehead atoms. The van der Waals surface area contributed by atoms with Gasteiger partial charge >= 0.3 is 6.09 Å². The van der Waals surface area contributed by atoms with Crippen LogP contribution in [0.1, 0.15) is 40.0 Å². The van der Waals surface area contributed by atoms with Crippen LogP contribution in [0.2, 0.25) is 0 Å². The van der Waals surface area contributed by atoms with Crippen molar-refractivity contribution in [3.05, 3.63) is 12.2 Å². The number of primary amides is 1. The quantitative estimate of drug-likeness (QED) is 0.706. The van der Waals surface area contributed by atoms with Crippen molar-refractivity contribution in [2.45, 2.75) is 51.2 Å². The topological polar surface area (TPSA) is 132 Å². The number of aliphatic imine (C=N–C) groups is 1. The van der Waals surface area contributed by atoms with Gasteiger partial charge in [0.15, 0.2) is 0 Å². The summed E-state index contributed by atoms with van der Waals surface area (Å²) < 4.78 is 0. The molecule has 1 saturated heterocycles. The Morgan fingerprint density at radius 2 is 2.12 bits per heavy atom. The number of rotatable bonds is 3. The third-order valence-corrected chi connectivity index (χ3v) is 5.11. The Hall–Kier alpha value is -2.40. The second kappa shape index (κ2) is 6.48. The van der Waals surface area contributed by atoms with Crippen LogP contribution in [-0.2, 0) is 4.79 Å². The SMILES string of the molecule is CC(C)(C)C1(N[C@]2(C(N)=O)C=CC(C#N)=NC2)CCCCN1C(=O)O. The maximum Gasteiger partial charge on any atom is 0.408 e. The Kier molecular flexibility index (Phi) is 4.91. The summed E-state index contributed by atoms with van der Waals surface area (Å²) in [5.41, 5.74) is 3.06. The third-order valence-electron chi connectivity index (χ3n) is 5.11. The summed E-state index contributed by atoms with van der Waals surface area (Å²) >= 11 is 0. The molecule has 0 aliphatic carbocycles. The zero-order valence-corrected chi connectivity index (χ0v) is 14.9. The lowest BCUT2D eigenvalue weighted by Crippen LogP contribution is -2.76. The molecule has 2 rings (SSSR count). The van der Waals surface area contributed by atoms with Crippen molar-refractivity contribution < 1.29 is 14.7 Å². The fraction of sp³-hybridized carbons (Fsp3) is 0.647. The van der Waals surface area contributed by atoms with Crippen LogP contribution >= 0.6 is 0 Å². The minimum absolute atomic E-state index is 0.0347. The summed E-state index contributed by atoms with van der Waals surface area (Å²) in [6.07, 6.45) is 4.10. The Labute approximate surface area is 147 Å². The summed E-state index contributed by atoms with van der Waals surface area (Å²) in [7, 11) is 0. The highest BCUT2D eigenvalue weighted by atomic mass is 16.4. The molecule has 8 nitrogen and oxygen atoms in total. The number of nitrogens with zero attached hydrogens (tertiary/aromatic N) is 3. The van der Waals surface area contributed by atoms with Gasteiger partial charge in [-0.25, -0.2) is 4.79 Å². The number of carboxylic acid groups (broad SMARTS) is 1. The highest BCUT2D eigenvalue weighted by Gasteiger charge is 2.55. The van der Waals surface area contributed by atoms with Gasteiger partial charge in [-0.3, -0.25) is 20.0 Å². The smallest absolute Gasteiger partial charge is 0.408 e. The van der Waals surface area contributed by atoms with Gasteiger partial charge < -0.3 is 10.8 Å². The molecule has 0 spiro atoms. The number of carbonyl (C=O) groups is 2. The van der Waals surface area contributed by atoms with Gasteiger partial charge in [0.05, 0.1) is 6.54 Å². The van der Waals surface area contributed by atoms with Gasteiger partial charge in [-0.2, -0.15) is 5.26 Å². The van der Waals surface area contributed by atoms with Crippen molar-refractivity contribution in [2.75, 3.05) is 13.1 Å². The van der Waals surface area contributed by atoms with Crippen molar-refractivity contribution in [3.63, 3.8) is 0 Å². The van der Waals surface area contributed by atoms with E-state index in [1.165, 1.54) is 17.1 Å². The van der Waals surface area contributed by atoms with Crippen LogP contribution in [0, 0.1) is 16.7 Å². The van der Waals surface area contributed by atoms with Crippen LogP contribution in [0.4, 0.5) is 4.79 Å². The molecule has 0 aromatic rings. The summed E-state index contributed by atoms with van der Waals surface area (Å²) in [5.74, 6) is -0.649. The minimum Gasteiger partial charge on any atom is -0.465 e. The molecule has 0 aromatic carbocycles. The fourth-order valence-corrected chi connectivity index (χ4v) is 3.61. The molecule has 8 heteroatoms. The molecule has 1 unspecified atom stereocenters. The van der Waals surface area contributed by atoms with Crippen LogP contribution in [0.5, 0.6) is 0 Å². The van der Waals surface area contributed by atoms with Crippen LogP contribution in [0.25, 0.3) is 0 Å². The Bertz CT molecular complexity index is 673. The van der Waals surface area contributed by atoms with E-state index in [2.05, 4.69) is 10.3 Å². The van der Waals surface area contributed by atoms with E-state index in [0.717, 1.165) is 12.8 Å². The highest BCUT2D eigenvalue weighted by Crippen LogP contribution is 2.42. The summed E-state index contributed by atoms with van der Waals surface area (Å²) in [6, 6.07) is 1.93. The summed E-state index contributed by atoms with van der Waals surface area (Å²) in [4.78, 5) is 29.7. The number of likely N-dealkylation sites (tertiary alicyclic amines) is 1. The van der Waals surface area contributed by atoms with Crippen molar-refractivity contribution >= 4 is 17.7 Å². The summed E-state index contributed by atoms with van der Waals surface area (Å²) in [5, 5.41) is 22.0. The molecule has 0 radical (unpaired) electrons. The van der Waals surface area contributed by atoms with E-state index in [-0.39, 0.29) is 12.3 Å². The zero-order valence-electron chi connectivity index (χ0n) is 14.9. The standard InChI is InChI=1S/C17H25N5O3/c1-15(2,3)17(7-4-5-9-22(17)14(24)25)21-16(13(19)23)8-6-12(10-18)20-11-16/h6,8,21H,4-5,7,9,11H2,1-3H3,(H2,19,23)(H,24,25)/t16-,17?/m1/s1. The fourth-order valence-electron chi connectivity index (χ4n) is 3.61. The predicted octanol–water partition coefficient (Wildman–Crippen LogP) is 1.24. The molecule has 0 aromatic heterocycles. The molecule has 4 N–H and O–H groups in total. The van der Waals surface area contributed by atoms with Crippen molar-refractivity contribution in [3.8, 4) is 6.07 Å². The number of hydrogen-bond acceptors (Lipinski definition) is 5. The number of nitriles is 1. The highest BCUT2D eigenvalue weighted by molar-refractivity contribution is 6.09. The normalized spacial score (nSPS) is 29.7. The molecule has 2 aliphatic heterocycles. The van der Waals surface area contributed by atoms with E-state index in [4.69, 9.17) is 11.0 Å². The monoisotopic (exact) mass is 347 g/mol. The maximum absolute atomic E-state index is 12.3. The molecule has 2 atom stereocenters. The number of dihydropyridines is 1. The van der Waals surface area contributed by atoms with E-state index in [0.29, 0.717) is 13.0 Å². The first-order valence-electron chi connectivity index (χ1n) is 8.32.